The zero-order valence-corrected chi connectivity index (χ0v) is 19.5. The Kier molecular flexibility index (Phi) is 9.69. The van der Waals surface area contributed by atoms with Crippen molar-refractivity contribution >= 4 is 5.97 Å². The maximum absolute atomic E-state index is 12.6. The highest BCUT2D eigenvalue weighted by atomic mass is 16.7. The van der Waals surface area contributed by atoms with E-state index in [0.717, 1.165) is 23.1 Å². The molecule has 0 bridgehead atoms. The Morgan fingerprint density at radius 3 is 2.58 bits per heavy atom. The van der Waals surface area contributed by atoms with Gasteiger partial charge in [0.25, 0.3) is 0 Å². The lowest BCUT2D eigenvalue weighted by Crippen LogP contribution is -2.39. The van der Waals surface area contributed by atoms with Gasteiger partial charge in [0, 0.05) is 19.4 Å². The van der Waals surface area contributed by atoms with Crippen LogP contribution < -0.4 is 0 Å². The number of carbonyl (C=O) groups is 1. The van der Waals surface area contributed by atoms with Crippen molar-refractivity contribution in [3.63, 3.8) is 0 Å². The third kappa shape index (κ3) is 6.89. The van der Waals surface area contributed by atoms with E-state index in [1.807, 2.05) is 30.3 Å². The molecule has 1 aliphatic rings. The molecule has 0 spiro atoms. The van der Waals surface area contributed by atoms with E-state index in [1.165, 1.54) is 12.7 Å². The Labute approximate surface area is 186 Å². The fourth-order valence-corrected chi connectivity index (χ4v) is 3.96. The second kappa shape index (κ2) is 12.0. The summed E-state index contributed by atoms with van der Waals surface area (Å²) in [7, 11) is 3.01. The zero-order valence-electron chi connectivity index (χ0n) is 19.5. The van der Waals surface area contributed by atoms with Gasteiger partial charge in [-0.2, -0.15) is 0 Å². The van der Waals surface area contributed by atoms with Crippen molar-refractivity contribution in [2.45, 2.75) is 45.8 Å². The molecule has 0 radical (unpaired) electrons. The van der Waals surface area contributed by atoms with E-state index < -0.39 is 5.60 Å². The monoisotopic (exact) mass is 428 g/mol. The van der Waals surface area contributed by atoms with E-state index in [9.17, 15) is 4.79 Å². The predicted octanol–water partition coefficient (Wildman–Crippen LogP) is 5.23. The number of allylic oxidation sites excluding steroid dienone is 3. The van der Waals surface area contributed by atoms with Crippen LogP contribution in [0.5, 0.6) is 0 Å². The number of rotatable bonds is 11. The molecule has 2 rings (SSSR count). The van der Waals surface area contributed by atoms with E-state index in [1.54, 1.807) is 14.0 Å². The van der Waals surface area contributed by atoms with Crippen LogP contribution in [0.15, 0.2) is 65.8 Å². The van der Waals surface area contributed by atoms with Gasteiger partial charge in [0.05, 0.1) is 20.3 Å². The molecule has 0 N–H and O–H groups in total. The highest BCUT2D eigenvalue weighted by Crippen LogP contribution is 2.39. The molecule has 0 fully saturated rings. The topological polar surface area (TPSA) is 54.0 Å². The fraction of sp³-hybridized carbons (Fsp3) is 0.500. The number of ether oxygens (including phenoxy) is 4. The summed E-state index contributed by atoms with van der Waals surface area (Å²) in [5, 5.41) is 0. The first-order valence-electron chi connectivity index (χ1n) is 10.7. The van der Waals surface area contributed by atoms with Gasteiger partial charge in [0.2, 0.25) is 0 Å². The largest absolute Gasteiger partial charge is 0.467 e. The van der Waals surface area contributed by atoms with Gasteiger partial charge >= 0.3 is 5.97 Å². The first-order chi connectivity index (χ1) is 14.8. The van der Waals surface area contributed by atoms with Crippen LogP contribution in [-0.2, 0) is 30.3 Å². The normalized spacial score (nSPS) is 22.0. The molecule has 0 amide bonds. The van der Waals surface area contributed by atoms with E-state index in [-0.39, 0.29) is 24.6 Å². The smallest absolute Gasteiger partial charge is 0.338 e. The molecule has 5 nitrogen and oxygen atoms in total. The summed E-state index contributed by atoms with van der Waals surface area (Å²) in [5.74, 6) is 0.0384. The minimum atomic E-state index is -1.09. The molecule has 0 aromatic heterocycles. The van der Waals surface area contributed by atoms with Crippen molar-refractivity contribution < 1.29 is 23.7 Å². The number of esters is 1. The molecule has 0 saturated heterocycles. The highest BCUT2D eigenvalue weighted by molar-refractivity contribution is 5.79. The second-order valence-corrected chi connectivity index (χ2v) is 8.32. The Morgan fingerprint density at radius 1 is 1.26 bits per heavy atom. The summed E-state index contributed by atoms with van der Waals surface area (Å²) in [6.45, 7) is 11.2. The number of hydrogen-bond donors (Lipinski definition) is 0. The van der Waals surface area contributed by atoms with Crippen LogP contribution in [0.4, 0.5) is 0 Å². The van der Waals surface area contributed by atoms with Gasteiger partial charge in [-0.3, -0.25) is 0 Å². The Morgan fingerprint density at radius 2 is 1.97 bits per heavy atom. The Hall–Kier alpha value is -2.21. The van der Waals surface area contributed by atoms with Gasteiger partial charge in [-0.05, 0) is 44.2 Å². The predicted molar refractivity (Wildman–Crippen MR) is 122 cm³/mol. The molecule has 1 aliphatic carbocycles. The summed E-state index contributed by atoms with van der Waals surface area (Å²) in [6.07, 6.45) is 5.66. The molecule has 0 unspecified atom stereocenters. The van der Waals surface area contributed by atoms with Gasteiger partial charge in [0.1, 0.15) is 6.79 Å². The number of methoxy groups -OCH3 is 2. The molecular weight excluding hydrogens is 392 g/mol. The molecule has 3 atom stereocenters. The van der Waals surface area contributed by atoms with Crippen LogP contribution >= 0.6 is 0 Å². The van der Waals surface area contributed by atoms with Crippen LogP contribution in [0, 0.1) is 11.8 Å². The highest BCUT2D eigenvalue weighted by Gasteiger charge is 2.36. The Balaban J connectivity index is 2.26. The van der Waals surface area contributed by atoms with Crippen molar-refractivity contribution in [1.82, 2.24) is 0 Å². The van der Waals surface area contributed by atoms with Crippen LogP contribution in [0.1, 0.15) is 39.2 Å². The molecule has 170 valence electrons. The molecule has 31 heavy (non-hydrogen) atoms. The van der Waals surface area contributed by atoms with E-state index >= 15 is 0 Å². The molecule has 1 aromatic carbocycles. The third-order valence-corrected chi connectivity index (χ3v) is 5.88. The van der Waals surface area contributed by atoms with Gasteiger partial charge in [0.15, 0.2) is 5.60 Å². The number of hydrogen-bond acceptors (Lipinski definition) is 5. The maximum atomic E-state index is 12.6. The quantitative estimate of drug-likeness (QED) is 0.209. The second-order valence-electron chi connectivity index (χ2n) is 8.32. The zero-order chi connectivity index (χ0) is 22.9. The summed E-state index contributed by atoms with van der Waals surface area (Å²) < 4.78 is 22.0. The van der Waals surface area contributed by atoms with Crippen molar-refractivity contribution in [3.8, 4) is 0 Å². The average Bonchev–Trinajstić information content (AvgIpc) is 2.77. The summed E-state index contributed by atoms with van der Waals surface area (Å²) in [5.41, 5.74) is 3.39. The standard InChI is InChI=1S/C26H36O5/c1-19(2)22-13-12-20(3)23(24(22)17-30-18-28-5)14-15-26(4,25(27)29-6)31-16-21-10-8-7-9-11-21/h7-12,14,22,24H,1,13,15-18H2,2-6H3/b23-14-/t22-,24-,26+/m1/s1. The summed E-state index contributed by atoms with van der Waals surface area (Å²) in [6, 6.07) is 9.81. The van der Waals surface area contributed by atoms with Gasteiger partial charge in [-0.25, -0.2) is 4.79 Å². The van der Waals surface area contributed by atoms with E-state index in [4.69, 9.17) is 18.9 Å². The van der Waals surface area contributed by atoms with Crippen LogP contribution in [0.3, 0.4) is 0 Å². The number of benzene rings is 1. The lowest BCUT2D eigenvalue weighted by Gasteiger charge is -2.34. The molecular formula is C26H36O5. The summed E-state index contributed by atoms with van der Waals surface area (Å²) in [4.78, 5) is 12.6. The molecule has 0 aliphatic heterocycles. The van der Waals surface area contributed by atoms with E-state index in [2.05, 4.69) is 32.6 Å². The van der Waals surface area contributed by atoms with Crippen LogP contribution in [0.2, 0.25) is 0 Å². The average molecular weight is 429 g/mol. The first kappa shape index (κ1) is 25.1. The van der Waals surface area contributed by atoms with Crippen molar-refractivity contribution in [2.24, 2.45) is 11.8 Å². The summed E-state index contributed by atoms with van der Waals surface area (Å²) >= 11 is 0. The van der Waals surface area contributed by atoms with Gasteiger partial charge < -0.3 is 18.9 Å². The van der Waals surface area contributed by atoms with Gasteiger partial charge in [-0.1, -0.05) is 60.2 Å². The SMILES string of the molecule is C=C(C)[C@H]1CC=C(C)/C(=C/C[C@](C)(OCc2ccccc2)C(=O)OC)[C@@H]1COCOC. The van der Waals surface area contributed by atoms with Crippen molar-refractivity contribution in [1.29, 1.82) is 0 Å². The lowest BCUT2D eigenvalue weighted by molar-refractivity contribution is -0.168. The Bertz CT molecular complexity index is 795. The van der Waals surface area contributed by atoms with Crippen LogP contribution in [-0.4, -0.2) is 39.2 Å². The molecule has 5 heteroatoms. The third-order valence-electron chi connectivity index (χ3n) is 5.88. The minimum absolute atomic E-state index is 0.147. The first-order valence-corrected chi connectivity index (χ1v) is 10.7. The molecule has 1 aromatic rings. The van der Waals surface area contributed by atoms with Crippen molar-refractivity contribution in [3.05, 3.63) is 71.3 Å². The minimum Gasteiger partial charge on any atom is -0.467 e. The van der Waals surface area contributed by atoms with Gasteiger partial charge in [-0.15, -0.1) is 0 Å². The number of carbonyl (C=O) groups excluding carboxylic acids is 1. The van der Waals surface area contributed by atoms with E-state index in [0.29, 0.717) is 19.6 Å². The fourth-order valence-electron chi connectivity index (χ4n) is 3.96. The maximum Gasteiger partial charge on any atom is 0.338 e. The lowest BCUT2D eigenvalue weighted by atomic mass is 9.73. The molecule has 0 saturated carbocycles. The van der Waals surface area contributed by atoms with Crippen molar-refractivity contribution in [2.75, 3.05) is 27.6 Å². The molecule has 0 heterocycles. The van der Waals surface area contributed by atoms with Crippen LogP contribution in [0.25, 0.3) is 0 Å².